The molecule has 0 radical (unpaired) electrons. The molecule has 0 N–H and O–H groups in total. The van der Waals surface area contributed by atoms with Crippen molar-refractivity contribution in [3.8, 4) is 0 Å². The lowest BCUT2D eigenvalue weighted by Crippen LogP contribution is -1.96. The number of allylic oxidation sites excluding steroid dienone is 1. The van der Waals surface area contributed by atoms with E-state index in [0.29, 0.717) is 6.79 Å². The van der Waals surface area contributed by atoms with E-state index in [1.165, 1.54) is 83.5 Å². The molecular weight excluding hydrogens is 308 g/mol. The van der Waals surface area contributed by atoms with Gasteiger partial charge in [-0.2, -0.15) is 0 Å². The molecule has 0 aromatic rings. The maximum absolute atomic E-state index is 5.67. The van der Waals surface area contributed by atoms with Crippen LogP contribution in [0.3, 0.4) is 0 Å². The Bertz CT molecular complexity index is 232. The molecule has 0 amide bonds. The maximum atomic E-state index is 5.67. The number of methoxy groups -OCH3 is 1. The van der Waals surface area contributed by atoms with Gasteiger partial charge in [-0.1, -0.05) is 76.4 Å². The number of hydrogen-bond donors (Lipinski definition) is 0. The summed E-state index contributed by atoms with van der Waals surface area (Å²) in [6.45, 7) is 1.17. The Labute approximate surface area is 150 Å². The molecule has 0 aromatic carbocycles. The van der Waals surface area contributed by atoms with Crippen LogP contribution in [0.2, 0.25) is 0 Å². The summed E-state index contributed by atoms with van der Waals surface area (Å²) in [5.74, 6) is 0.832. The lowest BCUT2D eigenvalue weighted by atomic mass is 10.0. The van der Waals surface area contributed by atoms with E-state index in [2.05, 4.69) is 12.2 Å². The second kappa shape index (κ2) is 21.9. The van der Waals surface area contributed by atoms with E-state index in [4.69, 9.17) is 21.1 Å². The van der Waals surface area contributed by atoms with Gasteiger partial charge in [0.15, 0.2) is 0 Å². The zero-order valence-corrected chi connectivity index (χ0v) is 16.1. The molecule has 3 heteroatoms. The Kier molecular flexibility index (Phi) is 21.9. The first-order chi connectivity index (χ1) is 11.4. The Hall–Kier alpha value is -0.0500. The molecule has 0 aliphatic rings. The van der Waals surface area contributed by atoms with Crippen molar-refractivity contribution in [2.45, 2.75) is 89.9 Å². The zero-order chi connectivity index (χ0) is 16.8. The van der Waals surface area contributed by atoms with Crippen molar-refractivity contribution in [2.75, 3.05) is 26.4 Å². The van der Waals surface area contributed by atoms with Gasteiger partial charge < -0.3 is 9.47 Å². The first-order valence-electron chi connectivity index (χ1n) is 9.69. The molecule has 0 spiro atoms. The van der Waals surface area contributed by atoms with E-state index in [-0.39, 0.29) is 0 Å². The fourth-order valence-corrected chi connectivity index (χ4v) is 2.84. The molecule has 0 aromatic heterocycles. The monoisotopic (exact) mass is 346 g/mol. The summed E-state index contributed by atoms with van der Waals surface area (Å²) in [5, 5.41) is 0. The van der Waals surface area contributed by atoms with Crippen LogP contribution >= 0.6 is 11.6 Å². The lowest BCUT2D eigenvalue weighted by molar-refractivity contribution is -0.0285. The third kappa shape index (κ3) is 21.9. The summed E-state index contributed by atoms with van der Waals surface area (Å²) in [5.41, 5.74) is 0. The highest BCUT2D eigenvalue weighted by Crippen LogP contribution is 2.12. The highest BCUT2D eigenvalue weighted by atomic mass is 35.5. The Morgan fingerprint density at radius 1 is 0.652 bits per heavy atom. The molecule has 0 saturated carbocycles. The van der Waals surface area contributed by atoms with Gasteiger partial charge in [0.05, 0.1) is 6.61 Å². The second-order valence-corrected chi connectivity index (χ2v) is 6.67. The number of hydrogen-bond acceptors (Lipinski definition) is 2. The van der Waals surface area contributed by atoms with Gasteiger partial charge in [-0.05, 0) is 25.7 Å². The lowest BCUT2D eigenvalue weighted by Gasteiger charge is -2.02. The molecule has 0 saturated heterocycles. The normalized spacial score (nSPS) is 11.6. The highest BCUT2D eigenvalue weighted by Gasteiger charge is 1.93. The first kappa shape index (κ1) is 22.9. The van der Waals surface area contributed by atoms with E-state index in [9.17, 15) is 0 Å². The van der Waals surface area contributed by atoms with Gasteiger partial charge in [-0.25, -0.2) is 0 Å². The van der Waals surface area contributed by atoms with Crippen LogP contribution in [0, 0.1) is 0 Å². The smallest absolute Gasteiger partial charge is 0.146 e. The van der Waals surface area contributed by atoms with Crippen LogP contribution in [0.25, 0.3) is 0 Å². The van der Waals surface area contributed by atoms with E-state index in [1.54, 1.807) is 7.11 Å². The zero-order valence-electron chi connectivity index (χ0n) is 15.4. The van der Waals surface area contributed by atoms with Gasteiger partial charge in [0.1, 0.15) is 6.79 Å². The minimum absolute atomic E-state index is 0.405. The van der Waals surface area contributed by atoms with Crippen molar-refractivity contribution in [2.24, 2.45) is 0 Å². The predicted octanol–water partition coefficient (Wildman–Crippen LogP) is 6.86. The molecule has 23 heavy (non-hydrogen) atoms. The van der Waals surface area contributed by atoms with E-state index >= 15 is 0 Å². The molecule has 0 heterocycles. The third-order valence-corrected chi connectivity index (χ3v) is 4.32. The highest BCUT2D eigenvalue weighted by molar-refractivity contribution is 6.17. The molecular formula is C20H39ClO2. The molecule has 0 unspecified atom stereocenters. The van der Waals surface area contributed by atoms with Crippen molar-refractivity contribution in [1.82, 2.24) is 0 Å². The van der Waals surface area contributed by atoms with E-state index in [0.717, 1.165) is 18.9 Å². The summed E-state index contributed by atoms with van der Waals surface area (Å²) in [4.78, 5) is 0. The van der Waals surface area contributed by atoms with Crippen molar-refractivity contribution >= 4 is 11.6 Å². The van der Waals surface area contributed by atoms with Gasteiger partial charge >= 0.3 is 0 Å². The average Bonchev–Trinajstić information content (AvgIpc) is 2.57. The maximum Gasteiger partial charge on any atom is 0.146 e. The Balaban J connectivity index is 3.01. The molecule has 0 atom stereocenters. The van der Waals surface area contributed by atoms with Crippen molar-refractivity contribution in [3.05, 3.63) is 12.2 Å². The van der Waals surface area contributed by atoms with E-state index < -0.39 is 0 Å². The van der Waals surface area contributed by atoms with Gasteiger partial charge in [-0.15, -0.1) is 11.6 Å². The summed E-state index contributed by atoms with van der Waals surface area (Å²) in [6, 6.07) is 0. The van der Waals surface area contributed by atoms with Crippen molar-refractivity contribution in [3.63, 3.8) is 0 Å². The molecule has 0 aliphatic heterocycles. The quantitative estimate of drug-likeness (QED) is 0.110. The SMILES string of the molecule is COCOCCC=CCCCCCCCCCCCCCCCl. The van der Waals surface area contributed by atoms with Crippen LogP contribution in [0.1, 0.15) is 89.9 Å². The van der Waals surface area contributed by atoms with E-state index in [1.807, 2.05) is 0 Å². The van der Waals surface area contributed by atoms with Gasteiger partial charge in [0.2, 0.25) is 0 Å². The Morgan fingerprint density at radius 3 is 1.65 bits per heavy atom. The van der Waals surface area contributed by atoms with Gasteiger partial charge in [0, 0.05) is 13.0 Å². The largest absolute Gasteiger partial charge is 0.359 e. The van der Waals surface area contributed by atoms with Crippen LogP contribution < -0.4 is 0 Å². The first-order valence-corrected chi connectivity index (χ1v) is 10.2. The standard InChI is InChI=1S/C20H39ClO2/c1-22-20-23-19-17-15-13-11-9-7-5-3-2-4-6-8-10-12-14-16-18-21/h13,15H,2-12,14,16-20H2,1H3. The summed E-state index contributed by atoms with van der Waals surface area (Å²) >= 11 is 5.67. The van der Waals surface area contributed by atoms with Crippen LogP contribution in [-0.4, -0.2) is 26.4 Å². The van der Waals surface area contributed by atoms with Gasteiger partial charge in [-0.3, -0.25) is 0 Å². The van der Waals surface area contributed by atoms with Crippen molar-refractivity contribution < 1.29 is 9.47 Å². The molecule has 138 valence electrons. The number of alkyl halides is 1. The van der Waals surface area contributed by atoms with Crippen LogP contribution in [0.4, 0.5) is 0 Å². The third-order valence-electron chi connectivity index (χ3n) is 4.05. The average molecular weight is 347 g/mol. The minimum atomic E-state index is 0.405. The number of unbranched alkanes of at least 4 members (excludes halogenated alkanes) is 12. The fourth-order valence-electron chi connectivity index (χ4n) is 2.65. The van der Waals surface area contributed by atoms with Gasteiger partial charge in [0.25, 0.3) is 0 Å². The number of ether oxygens (including phenoxy) is 2. The number of rotatable bonds is 19. The molecule has 0 bridgehead atoms. The summed E-state index contributed by atoms with van der Waals surface area (Å²) in [6.07, 6.45) is 23.2. The number of halogens is 1. The second-order valence-electron chi connectivity index (χ2n) is 6.30. The topological polar surface area (TPSA) is 18.5 Å². The van der Waals surface area contributed by atoms with Crippen LogP contribution in [0.15, 0.2) is 12.2 Å². The minimum Gasteiger partial charge on any atom is -0.359 e. The summed E-state index contributed by atoms with van der Waals surface area (Å²) in [7, 11) is 1.65. The molecule has 0 rings (SSSR count). The molecule has 0 fully saturated rings. The molecule has 0 aliphatic carbocycles. The Morgan fingerprint density at radius 2 is 1.13 bits per heavy atom. The summed E-state index contributed by atoms with van der Waals surface area (Å²) < 4.78 is 10.1. The molecule has 2 nitrogen and oxygen atoms in total. The van der Waals surface area contributed by atoms with Crippen LogP contribution in [0.5, 0.6) is 0 Å². The predicted molar refractivity (Wildman–Crippen MR) is 102 cm³/mol. The van der Waals surface area contributed by atoms with Crippen LogP contribution in [-0.2, 0) is 9.47 Å². The fraction of sp³-hybridized carbons (Fsp3) is 0.900. The van der Waals surface area contributed by atoms with Crippen molar-refractivity contribution in [1.29, 1.82) is 0 Å².